The molecule has 0 saturated heterocycles. The van der Waals surface area contributed by atoms with Gasteiger partial charge in [0, 0.05) is 18.0 Å². The van der Waals surface area contributed by atoms with Crippen LogP contribution in [0, 0.1) is 5.82 Å². The molecule has 4 nitrogen and oxygen atoms in total. The van der Waals surface area contributed by atoms with Crippen molar-refractivity contribution >= 4 is 5.97 Å². The average Bonchev–Trinajstić information content (AvgIpc) is 2.30. The van der Waals surface area contributed by atoms with Gasteiger partial charge in [-0.15, -0.1) is 0 Å². The van der Waals surface area contributed by atoms with Gasteiger partial charge < -0.3 is 5.11 Å². The zero-order valence-corrected chi connectivity index (χ0v) is 8.09. The van der Waals surface area contributed by atoms with E-state index >= 15 is 0 Å². The zero-order valence-electron chi connectivity index (χ0n) is 8.09. The standard InChI is InChI=1S/C11H7FN2O2/c12-9-5-7(11(15)16)1-2-8(9)10-6-13-3-4-14-10/h1-6H,(H,15,16). The number of carbonyl (C=O) groups is 1. The Hall–Kier alpha value is -2.30. The van der Waals surface area contributed by atoms with Gasteiger partial charge in [-0.05, 0) is 18.2 Å². The summed E-state index contributed by atoms with van der Waals surface area (Å²) in [6, 6.07) is 3.67. The molecule has 0 amide bonds. The largest absolute Gasteiger partial charge is 0.478 e. The van der Waals surface area contributed by atoms with E-state index in [1.165, 1.54) is 30.7 Å². The van der Waals surface area contributed by atoms with Gasteiger partial charge in [-0.3, -0.25) is 9.97 Å². The van der Waals surface area contributed by atoms with Crippen LogP contribution in [0.2, 0.25) is 0 Å². The molecule has 0 aliphatic heterocycles. The number of carboxylic acids is 1. The molecule has 0 bridgehead atoms. The van der Waals surface area contributed by atoms with Gasteiger partial charge in [0.25, 0.3) is 0 Å². The average molecular weight is 218 g/mol. The van der Waals surface area contributed by atoms with Crippen molar-refractivity contribution in [3.05, 3.63) is 48.2 Å². The number of benzene rings is 1. The van der Waals surface area contributed by atoms with E-state index in [0.717, 1.165) is 6.07 Å². The van der Waals surface area contributed by atoms with Crippen LogP contribution in [0.1, 0.15) is 10.4 Å². The summed E-state index contributed by atoms with van der Waals surface area (Å²) in [5.41, 5.74) is 0.514. The van der Waals surface area contributed by atoms with E-state index in [1.807, 2.05) is 0 Å². The predicted molar refractivity (Wildman–Crippen MR) is 54.4 cm³/mol. The van der Waals surface area contributed by atoms with Crippen molar-refractivity contribution in [2.24, 2.45) is 0 Å². The molecule has 2 rings (SSSR count). The summed E-state index contributed by atoms with van der Waals surface area (Å²) in [7, 11) is 0. The highest BCUT2D eigenvalue weighted by Crippen LogP contribution is 2.20. The Morgan fingerprint density at radius 2 is 2.12 bits per heavy atom. The van der Waals surface area contributed by atoms with Crippen molar-refractivity contribution in [1.82, 2.24) is 9.97 Å². The molecule has 0 saturated carbocycles. The third-order valence-electron chi connectivity index (χ3n) is 2.06. The minimum Gasteiger partial charge on any atom is -0.478 e. The number of hydrogen-bond donors (Lipinski definition) is 1. The normalized spacial score (nSPS) is 10.1. The van der Waals surface area contributed by atoms with Crippen molar-refractivity contribution in [3.8, 4) is 11.3 Å². The first-order valence-electron chi connectivity index (χ1n) is 4.47. The van der Waals surface area contributed by atoms with Gasteiger partial charge in [-0.1, -0.05) is 0 Å². The van der Waals surface area contributed by atoms with Crippen molar-refractivity contribution < 1.29 is 14.3 Å². The van der Waals surface area contributed by atoms with E-state index in [2.05, 4.69) is 9.97 Å². The molecule has 16 heavy (non-hydrogen) atoms. The van der Waals surface area contributed by atoms with E-state index in [4.69, 9.17) is 5.11 Å². The molecular weight excluding hydrogens is 211 g/mol. The van der Waals surface area contributed by atoms with E-state index in [-0.39, 0.29) is 11.1 Å². The fraction of sp³-hybridized carbons (Fsp3) is 0. The Morgan fingerprint density at radius 3 is 2.69 bits per heavy atom. The molecule has 0 fully saturated rings. The molecule has 1 aromatic heterocycles. The second-order valence-electron chi connectivity index (χ2n) is 3.09. The predicted octanol–water partition coefficient (Wildman–Crippen LogP) is 1.98. The lowest BCUT2D eigenvalue weighted by molar-refractivity contribution is 0.0696. The summed E-state index contributed by atoms with van der Waals surface area (Å²) in [4.78, 5) is 18.4. The van der Waals surface area contributed by atoms with Crippen LogP contribution >= 0.6 is 0 Å². The highest BCUT2D eigenvalue weighted by molar-refractivity contribution is 5.88. The SMILES string of the molecule is O=C(O)c1ccc(-c2cnccn2)c(F)c1. The van der Waals surface area contributed by atoms with E-state index in [1.54, 1.807) is 0 Å². The molecule has 0 atom stereocenters. The van der Waals surface area contributed by atoms with Crippen LogP contribution in [0.25, 0.3) is 11.3 Å². The first-order chi connectivity index (χ1) is 7.68. The molecule has 2 aromatic rings. The summed E-state index contributed by atoms with van der Waals surface area (Å²) in [5, 5.41) is 8.68. The number of aromatic nitrogens is 2. The minimum absolute atomic E-state index is 0.0925. The summed E-state index contributed by atoms with van der Waals surface area (Å²) in [5.74, 6) is -1.79. The molecule has 1 aromatic carbocycles. The topological polar surface area (TPSA) is 63.1 Å². The van der Waals surface area contributed by atoms with Gasteiger partial charge in [0.1, 0.15) is 5.82 Å². The zero-order chi connectivity index (χ0) is 11.5. The maximum Gasteiger partial charge on any atom is 0.335 e. The first kappa shape index (κ1) is 10.2. The smallest absolute Gasteiger partial charge is 0.335 e. The number of carboxylic acid groups (broad SMARTS) is 1. The van der Waals surface area contributed by atoms with Crippen LogP contribution < -0.4 is 0 Å². The van der Waals surface area contributed by atoms with Crippen molar-refractivity contribution in [2.75, 3.05) is 0 Å². The fourth-order valence-electron chi connectivity index (χ4n) is 1.29. The molecule has 0 unspecified atom stereocenters. The Labute approximate surface area is 90.4 Å². The van der Waals surface area contributed by atoms with Gasteiger partial charge in [-0.2, -0.15) is 0 Å². The molecule has 0 radical (unpaired) electrons. The highest BCUT2D eigenvalue weighted by atomic mass is 19.1. The molecular formula is C11H7FN2O2. The summed E-state index contributed by atoms with van der Waals surface area (Å²) < 4.78 is 13.6. The summed E-state index contributed by atoms with van der Waals surface area (Å²) in [6.07, 6.45) is 4.34. The van der Waals surface area contributed by atoms with Crippen LogP contribution in [-0.2, 0) is 0 Å². The minimum atomic E-state index is -1.16. The van der Waals surface area contributed by atoms with E-state index in [9.17, 15) is 9.18 Å². The lowest BCUT2D eigenvalue weighted by atomic mass is 10.1. The number of nitrogens with zero attached hydrogens (tertiary/aromatic N) is 2. The molecule has 1 heterocycles. The van der Waals surface area contributed by atoms with Crippen LogP contribution in [-0.4, -0.2) is 21.0 Å². The van der Waals surface area contributed by atoms with Crippen LogP contribution in [0.5, 0.6) is 0 Å². The van der Waals surface area contributed by atoms with Gasteiger partial charge in [0.15, 0.2) is 0 Å². The van der Waals surface area contributed by atoms with Gasteiger partial charge in [0.05, 0.1) is 17.5 Å². The van der Waals surface area contributed by atoms with Crippen molar-refractivity contribution in [3.63, 3.8) is 0 Å². The fourth-order valence-corrected chi connectivity index (χ4v) is 1.29. The Balaban J connectivity index is 2.48. The van der Waals surface area contributed by atoms with Crippen LogP contribution in [0.3, 0.4) is 0 Å². The highest BCUT2D eigenvalue weighted by Gasteiger charge is 2.10. The molecule has 80 valence electrons. The van der Waals surface area contributed by atoms with Gasteiger partial charge in [0.2, 0.25) is 0 Å². The monoisotopic (exact) mass is 218 g/mol. The number of rotatable bonds is 2. The summed E-state index contributed by atoms with van der Waals surface area (Å²) in [6.45, 7) is 0. The molecule has 0 aliphatic rings. The third-order valence-corrected chi connectivity index (χ3v) is 2.06. The maximum absolute atomic E-state index is 13.6. The lowest BCUT2D eigenvalue weighted by Crippen LogP contribution is -1.98. The first-order valence-corrected chi connectivity index (χ1v) is 4.47. The Morgan fingerprint density at radius 1 is 1.31 bits per heavy atom. The molecule has 5 heteroatoms. The van der Waals surface area contributed by atoms with Gasteiger partial charge >= 0.3 is 5.97 Å². The number of hydrogen-bond acceptors (Lipinski definition) is 3. The number of halogens is 1. The third kappa shape index (κ3) is 1.88. The Bertz CT molecular complexity index is 529. The van der Waals surface area contributed by atoms with Crippen molar-refractivity contribution in [1.29, 1.82) is 0 Å². The Kier molecular flexibility index (Phi) is 2.59. The molecule has 0 aliphatic carbocycles. The lowest BCUT2D eigenvalue weighted by Gasteiger charge is -2.02. The second-order valence-corrected chi connectivity index (χ2v) is 3.09. The van der Waals surface area contributed by atoms with Gasteiger partial charge in [-0.25, -0.2) is 9.18 Å². The van der Waals surface area contributed by atoms with E-state index in [0.29, 0.717) is 5.69 Å². The summed E-state index contributed by atoms with van der Waals surface area (Å²) >= 11 is 0. The second kappa shape index (κ2) is 4.06. The molecule has 0 spiro atoms. The molecule has 1 N–H and O–H groups in total. The number of aromatic carboxylic acids is 1. The quantitative estimate of drug-likeness (QED) is 0.837. The maximum atomic E-state index is 13.6. The van der Waals surface area contributed by atoms with E-state index < -0.39 is 11.8 Å². The van der Waals surface area contributed by atoms with Crippen LogP contribution in [0.4, 0.5) is 4.39 Å². The van der Waals surface area contributed by atoms with Crippen LogP contribution in [0.15, 0.2) is 36.8 Å². The van der Waals surface area contributed by atoms with Crippen molar-refractivity contribution in [2.45, 2.75) is 0 Å².